The lowest BCUT2D eigenvalue weighted by Gasteiger charge is -2.04. The molecular formula is C10H8N2O2S. The van der Waals surface area contributed by atoms with Crippen molar-refractivity contribution in [2.24, 2.45) is 0 Å². The molecule has 0 spiro atoms. The molecule has 0 fully saturated rings. The molecule has 0 bridgehead atoms. The van der Waals surface area contributed by atoms with Gasteiger partial charge in [-0.05, 0) is 18.2 Å². The summed E-state index contributed by atoms with van der Waals surface area (Å²) in [6.07, 6.45) is 2.82. The molecule has 2 aromatic rings. The molecule has 0 amide bonds. The van der Waals surface area contributed by atoms with E-state index in [1.54, 1.807) is 12.1 Å². The SMILES string of the molecule is O=c1ncc(Oc2cccc(S)c2)c[nH]1. The van der Waals surface area contributed by atoms with Crippen molar-refractivity contribution in [2.75, 3.05) is 0 Å². The fourth-order valence-corrected chi connectivity index (χ4v) is 1.28. The highest BCUT2D eigenvalue weighted by atomic mass is 32.1. The Morgan fingerprint density at radius 3 is 2.87 bits per heavy atom. The molecule has 0 unspecified atom stereocenters. The molecule has 76 valence electrons. The lowest BCUT2D eigenvalue weighted by atomic mass is 10.3. The van der Waals surface area contributed by atoms with Crippen molar-refractivity contribution >= 4 is 12.6 Å². The Kier molecular flexibility index (Phi) is 2.73. The summed E-state index contributed by atoms with van der Waals surface area (Å²) >= 11 is 4.18. The van der Waals surface area contributed by atoms with Crippen molar-refractivity contribution in [3.05, 3.63) is 47.1 Å². The second-order valence-electron chi connectivity index (χ2n) is 2.85. The highest BCUT2D eigenvalue weighted by Crippen LogP contribution is 2.21. The van der Waals surface area contributed by atoms with Crippen LogP contribution in [0.5, 0.6) is 11.5 Å². The van der Waals surface area contributed by atoms with E-state index in [9.17, 15) is 4.79 Å². The average Bonchev–Trinajstić information content (AvgIpc) is 2.22. The minimum absolute atomic E-state index is 0.398. The van der Waals surface area contributed by atoms with Gasteiger partial charge in [0.15, 0.2) is 5.75 Å². The Morgan fingerprint density at radius 1 is 1.33 bits per heavy atom. The maximum Gasteiger partial charge on any atom is 0.345 e. The third-order valence-corrected chi connectivity index (χ3v) is 1.98. The van der Waals surface area contributed by atoms with Crippen LogP contribution >= 0.6 is 12.6 Å². The predicted molar refractivity (Wildman–Crippen MR) is 58.6 cm³/mol. The van der Waals surface area contributed by atoms with Crippen LogP contribution < -0.4 is 10.4 Å². The number of aromatic nitrogens is 2. The van der Waals surface area contributed by atoms with E-state index in [2.05, 4.69) is 22.6 Å². The lowest BCUT2D eigenvalue weighted by molar-refractivity contribution is 0.475. The molecule has 1 N–H and O–H groups in total. The molecule has 1 heterocycles. The number of aromatic amines is 1. The molecule has 0 saturated heterocycles. The van der Waals surface area contributed by atoms with Crippen molar-refractivity contribution < 1.29 is 4.74 Å². The predicted octanol–water partition coefficient (Wildman–Crippen LogP) is 1.85. The summed E-state index contributed by atoms with van der Waals surface area (Å²) in [5, 5.41) is 0. The zero-order chi connectivity index (χ0) is 10.7. The molecule has 1 aromatic carbocycles. The normalized spacial score (nSPS) is 9.93. The molecule has 0 atom stereocenters. The van der Waals surface area contributed by atoms with Gasteiger partial charge in [-0.3, -0.25) is 0 Å². The summed E-state index contributed by atoms with van der Waals surface area (Å²) in [6, 6.07) is 7.25. The molecular weight excluding hydrogens is 212 g/mol. The molecule has 5 heteroatoms. The van der Waals surface area contributed by atoms with Crippen LogP contribution in [0.25, 0.3) is 0 Å². The maximum atomic E-state index is 10.7. The average molecular weight is 220 g/mol. The smallest absolute Gasteiger partial charge is 0.345 e. The van der Waals surface area contributed by atoms with Gasteiger partial charge in [0, 0.05) is 4.90 Å². The Balaban J connectivity index is 2.22. The molecule has 0 aliphatic heterocycles. The summed E-state index contributed by atoms with van der Waals surface area (Å²) < 4.78 is 5.43. The fraction of sp³-hybridized carbons (Fsp3) is 0. The lowest BCUT2D eigenvalue weighted by Crippen LogP contribution is -2.07. The molecule has 0 radical (unpaired) electrons. The van der Waals surface area contributed by atoms with Crippen LogP contribution in [0.3, 0.4) is 0 Å². The zero-order valence-electron chi connectivity index (χ0n) is 7.68. The number of hydrogen-bond donors (Lipinski definition) is 2. The molecule has 0 saturated carbocycles. The number of benzene rings is 1. The number of rotatable bonds is 2. The van der Waals surface area contributed by atoms with Gasteiger partial charge in [-0.25, -0.2) is 4.79 Å². The van der Waals surface area contributed by atoms with Crippen LogP contribution in [-0.4, -0.2) is 9.97 Å². The third kappa shape index (κ3) is 2.60. The van der Waals surface area contributed by atoms with Crippen LogP contribution in [0.15, 0.2) is 46.3 Å². The highest BCUT2D eigenvalue weighted by Gasteiger charge is 1.97. The van der Waals surface area contributed by atoms with E-state index in [0.29, 0.717) is 11.5 Å². The monoisotopic (exact) mass is 220 g/mol. The quantitative estimate of drug-likeness (QED) is 0.759. The number of nitrogens with zero attached hydrogens (tertiary/aromatic N) is 1. The van der Waals surface area contributed by atoms with E-state index in [0.717, 1.165) is 4.90 Å². The second kappa shape index (κ2) is 4.18. The first kappa shape index (κ1) is 9.79. The molecule has 15 heavy (non-hydrogen) atoms. The Morgan fingerprint density at radius 2 is 2.20 bits per heavy atom. The summed E-state index contributed by atoms with van der Waals surface area (Å²) in [5.41, 5.74) is -0.398. The van der Waals surface area contributed by atoms with Gasteiger partial charge < -0.3 is 9.72 Å². The molecule has 4 nitrogen and oxygen atoms in total. The van der Waals surface area contributed by atoms with E-state index in [1.807, 2.05) is 12.1 Å². The van der Waals surface area contributed by atoms with E-state index in [-0.39, 0.29) is 0 Å². The fourth-order valence-electron chi connectivity index (χ4n) is 1.07. The summed E-state index contributed by atoms with van der Waals surface area (Å²) in [4.78, 5) is 17.5. The van der Waals surface area contributed by atoms with E-state index in [1.165, 1.54) is 12.4 Å². The second-order valence-corrected chi connectivity index (χ2v) is 3.37. The van der Waals surface area contributed by atoms with Crippen molar-refractivity contribution in [3.63, 3.8) is 0 Å². The number of H-pyrrole nitrogens is 1. The van der Waals surface area contributed by atoms with Gasteiger partial charge in [0.05, 0.1) is 12.4 Å². The minimum Gasteiger partial charge on any atom is -0.454 e. The summed E-state index contributed by atoms with van der Waals surface area (Å²) in [7, 11) is 0. The van der Waals surface area contributed by atoms with Crippen molar-refractivity contribution in [1.82, 2.24) is 9.97 Å². The van der Waals surface area contributed by atoms with Crippen molar-refractivity contribution in [3.8, 4) is 11.5 Å². The largest absolute Gasteiger partial charge is 0.454 e. The third-order valence-electron chi connectivity index (χ3n) is 1.70. The van der Waals surface area contributed by atoms with Crippen molar-refractivity contribution in [1.29, 1.82) is 0 Å². The summed E-state index contributed by atoms with van der Waals surface area (Å²) in [5.74, 6) is 1.13. The van der Waals surface area contributed by atoms with E-state index >= 15 is 0 Å². The minimum atomic E-state index is -0.398. The first-order valence-corrected chi connectivity index (χ1v) is 4.70. The molecule has 2 rings (SSSR count). The highest BCUT2D eigenvalue weighted by molar-refractivity contribution is 7.80. The van der Waals surface area contributed by atoms with Gasteiger partial charge in [0.2, 0.25) is 0 Å². The van der Waals surface area contributed by atoms with Crippen LogP contribution in [0, 0.1) is 0 Å². The van der Waals surface area contributed by atoms with Gasteiger partial charge in [0.25, 0.3) is 0 Å². The molecule has 1 aromatic heterocycles. The Bertz CT molecular complexity index is 504. The van der Waals surface area contributed by atoms with Gasteiger partial charge in [-0.1, -0.05) is 6.07 Å². The van der Waals surface area contributed by atoms with E-state index in [4.69, 9.17) is 4.74 Å². The van der Waals surface area contributed by atoms with Crippen LogP contribution in [0.4, 0.5) is 0 Å². The van der Waals surface area contributed by atoms with Gasteiger partial charge in [-0.15, -0.1) is 12.6 Å². The molecule has 0 aliphatic rings. The number of thiol groups is 1. The Hall–Kier alpha value is -1.75. The van der Waals surface area contributed by atoms with Crippen LogP contribution in [0.2, 0.25) is 0 Å². The zero-order valence-corrected chi connectivity index (χ0v) is 8.57. The van der Waals surface area contributed by atoms with Gasteiger partial charge in [-0.2, -0.15) is 4.98 Å². The van der Waals surface area contributed by atoms with Crippen LogP contribution in [-0.2, 0) is 0 Å². The number of ether oxygens (including phenoxy) is 1. The van der Waals surface area contributed by atoms with Crippen molar-refractivity contribution in [2.45, 2.75) is 4.90 Å². The van der Waals surface area contributed by atoms with Gasteiger partial charge in [0.1, 0.15) is 5.75 Å². The first-order chi connectivity index (χ1) is 7.24. The van der Waals surface area contributed by atoms with Gasteiger partial charge >= 0.3 is 5.69 Å². The van der Waals surface area contributed by atoms with E-state index < -0.39 is 5.69 Å². The van der Waals surface area contributed by atoms with Crippen LogP contribution in [0.1, 0.15) is 0 Å². The maximum absolute atomic E-state index is 10.7. The standard InChI is InChI=1S/C10H8N2O2S/c13-10-11-5-8(6-12-10)14-7-2-1-3-9(15)4-7/h1-6,15H,(H,11,12,13). The topological polar surface area (TPSA) is 55.0 Å². The summed E-state index contributed by atoms with van der Waals surface area (Å²) in [6.45, 7) is 0. The first-order valence-electron chi connectivity index (χ1n) is 4.26. The number of nitrogens with one attached hydrogen (secondary N) is 1. The Labute approximate surface area is 91.4 Å². The molecule has 0 aliphatic carbocycles. The number of hydrogen-bond acceptors (Lipinski definition) is 4.